The summed E-state index contributed by atoms with van der Waals surface area (Å²) >= 11 is 12.2. The maximum absolute atomic E-state index is 13.8. The maximum atomic E-state index is 13.8. The van der Waals surface area contributed by atoms with Crippen LogP contribution in [0.4, 0.5) is 11.4 Å². The number of nitrogens with two attached hydrogens (primary N) is 2. The van der Waals surface area contributed by atoms with Crippen LogP contribution in [-0.2, 0) is 16.1 Å². The first kappa shape index (κ1) is 30.6. The summed E-state index contributed by atoms with van der Waals surface area (Å²) < 4.78 is 1.66. The summed E-state index contributed by atoms with van der Waals surface area (Å²) in [4.78, 5) is 33.3. The van der Waals surface area contributed by atoms with E-state index in [-0.39, 0.29) is 42.1 Å². The number of carbonyl (C=O) groups excluding carboxylic acids is 2. The molecule has 5 rings (SSSR count). The van der Waals surface area contributed by atoms with E-state index in [2.05, 4.69) is 10.4 Å². The average molecular weight is 626 g/mol. The van der Waals surface area contributed by atoms with Gasteiger partial charge in [0.25, 0.3) is 0 Å². The molecule has 2 aliphatic heterocycles. The van der Waals surface area contributed by atoms with Crippen molar-refractivity contribution in [2.75, 3.05) is 23.5 Å². The zero-order valence-electron chi connectivity index (χ0n) is 23.7. The molecule has 13 heteroatoms. The number of nitrogens with one attached hydrogen (secondary N) is 1. The number of nitrogens with zero attached hydrogens (tertiary/aromatic N) is 5. The Labute approximate surface area is 259 Å². The minimum Gasteiger partial charge on any atom is -0.394 e. The van der Waals surface area contributed by atoms with Crippen molar-refractivity contribution in [2.24, 2.45) is 17.5 Å². The van der Waals surface area contributed by atoms with Crippen LogP contribution in [0.1, 0.15) is 49.9 Å². The monoisotopic (exact) mass is 624 g/mol. The summed E-state index contributed by atoms with van der Waals surface area (Å²) in [7, 11) is 0. The molecule has 4 heterocycles. The number of carbonyl (C=O) groups is 2. The standard InChI is InChI=1S/C30H34Cl2N8O3/c1-18-3-2-4-26(23-13-20(7-9-35-23)29-24(37-30(18)43)16-36-40(29)11-12-41)38-10-8-19(14-28(38)42)22-15-21(31)5-6-25(22)39(34)17-27(32)33/h5-7,9,13-18,26,41H,2-4,8,10-12,33-34H2,1H3,(H,37,43)/b27-17-. The lowest BCUT2D eigenvalue weighted by atomic mass is 9.93. The number of pyridine rings is 1. The number of anilines is 2. The first-order valence-corrected chi connectivity index (χ1v) is 14.8. The van der Waals surface area contributed by atoms with Gasteiger partial charge in [0.1, 0.15) is 5.16 Å². The summed E-state index contributed by atoms with van der Waals surface area (Å²) in [6, 6.07) is 8.69. The van der Waals surface area contributed by atoms with Crippen molar-refractivity contribution in [1.29, 1.82) is 0 Å². The first-order chi connectivity index (χ1) is 20.7. The number of amides is 2. The van der Waals surface area contributed by atoms with E-state index in [1.165, 1.54) is 11.2 Å². The Morgan fingerprint density at radius 2 is 2.07 bits per heavy atom. The first-order valence-electron chi connectivity index (χ1n) is 14.1. The third-order valence-corrected chi connectivity index (χ3v) is 8.12. The van der Waals surface area contributed by atoms with Crippen LogP contribution in [0.2, 0.25) is 5.02 Å². The fourth-order valence-corrected chi connectivity index (χ4v) is 5.94. The van der Waals surface area contributed by atoms with Gasteiger partial charge in [-0.2, -0.15) is 5.10 Å². The molecule has 2 unspecified atom stereocenters. The fraction of sp³-hybridized carbons (Fsp3) is 0.333. The van der Waals surface area contributed by atoms with Gasteiger partial charge in [-0.15, -0.1) is 0 Å². The van der Waals surface area contributed by atoms with Crippen molar-refractivity contribution >= 4 is 52.0 Å². The Kier molecular flexibility index (Phi) is 9.36. The van der Waals surface area contributed by atoms with Gasteiger partial charge >= 0.3 is 0 Å². The summed E-state index contributed by atoms with van der Waals surface area (Å²) in [5, 5.41) is 18.9. The molecule has 2 bridgehead atoms. The number of aromatic nitrogens is 3. The van der Waals surface area contributed by atoms with Crippen LogP contribution >= 0.6 is 23.2 Å². The van der Waals surface area contributed by atoms with Crippen LogP contribution in [0, 0.1) is 5.92 Å². The molecule has 0 saturated heterocycles. The Balaban J connectivity index is 1.52. The second kappa shape index (κ2) is 13.2. The zero-order valence-corrected chi connectivity index (χ0v) is 25.2. The lowest BCUT2D eigenvalue weighted by Crippen LogP contribution is -2.38. The number of fused-ring (bicyclic) bond motifs is 4. The molecule has 3 aromatic rings. The lowest BCUT2D eigenvalue weighted by molar-refractivity contribution is -0.129. The van der Waals surface area contributed by atoms with Crippen molar-refractivity contribution in [1.82, 2.24) is 19.7 Å². The van der Waals surface area contributed by atoms with Gasteiger partial charge in [-0.1, -0.05) is 36.5 Å². The van der Waals surface area contributed by atoms with Crippen molar-refractivity contribution in [3.63, 3.8) is 0 Å². The number of aliphatic hydroxyl groups excluding tert-OH is 1. The maximum Gasteiger partial charge on any atom is 0.247 e. The molecule has 2 aromatic heterocycles. The average Bonchev–Trinajstić information content (AvgIpc) is 3.36. The Morgan fingerprint density at radius 3 is 2.81 bits per heavy atom. The van der Waals surface area contributed by atoms with E-state index < -0.39 is 0 Å². The van der Waals surface area contributed by atoms with Gasteiger partial charge in [0, 0.05) is 40.9 Å². The van der Waals surface area contributed by atoms with Gasteiger partial charge in [-0.05, 0) is 55.2 Å². The molecule has 2 amide bonds. The predicted molar refractivity (Wildman–Crippen MR) is 167 cm³/mol. The smallest absolute Gasteiger partial charge is 0.247 e. The number of hydrogen-bond donors (Lipinski definition) is 4. The molecule has 43 heavy (non-hydrogen) atoms. The van der Waals surface area contributed by atoms with Gasteiger partial charge in [0.2, 0.25) is 11.8 Å². The molecule has 2 aliphatic rings. The zero-order chi connectivity index (χ0) is 30.7. The van der Waals surface area contributed by atoms with E-state index in [4.69, 9.17) is 39.8 Å². The number of rotatable bonds is 6. The summed E-state index contributed by atoms with van der Waals surface area (Å²) in [5.74, 6) is 5.68. The lowest BCUT2D eigenvalue weighted by Gasteiger charge is -2.35. The molecule has 0 saturated carbocycles. The number of hydrogen-bond acceptors (Lipinski definition) is 8. The molecule has 6 N–H and O–H groups in total. The fourth-order valence-electron chi connectivity index (χ4n) is 5.66. The molecule has 0 radical (unpaired) electrons. The van der Waals surface area contributed by atoms with Gasteiger partial charge in [0.05, 0.1) is 54.4 Å². The van der Waals surface area contributed by atoms with Crippen molar-refractivity contribution in [3.8, 4) is 11.3 Å². The highest BCUT2D eigenvalue weighted by Gasteiger charge is 2.31. The van der Waals surface area contributed by atoms with E-state index in [0.717, 1.165) is 23.3 Å². The molecular formula is C30H34Cl2N8O3. The van der Waals surface area contributed by atoms with E-state index >= 15 is 0 Å². The second-order valence-electron chi connectivity index (χ2n) is 10.7. The molecule has 11 nitrogen and oxygen atoms in total. The molecule has 0 aliphatic carbocycles. The Hall–Kier alpha value is -3.90. The van der Waals surface area contributed by atoms with Gasteiger partial charge in [-0.3, -0.25) is 24.3 Å². The van der Waals surface area contributed by atoms with Crippen LogP contribution in [0.15, 0.2) is 60.2 Å². The van der Waals surface area contributed by atoms with Crippen LogP contribution in [0.3, 0.4) is 0 Å². The van der Waals surface area contributed by atoms with Crippen molar-refractivity contribution < 1.29 is 14.7 Å². The number of halogens is 2. The third kappa shape index (κ3) is 6.70. The topological polar surface area (TPSA) is 156 Å². The molecule has 1 aromatic carbocycles. The molecular weight excluding hydrogens is 591 g/mol. The van der Waals surface area contributed by atoms with Gasteiger partial charge in [-0.25, -0.2) is 5.84 Å². The van der Waals surface area contributed by atoms with Crippen LogP contribution < -0.4 is 21.9 Å². The largest absolute Gasteiger partial charge is 0.394 e. The second-order valence-corrected chi connectivity index (χ2v) is 11.6. The van der Waals surface area contributed by atoms with Gasteiger partial charge < -0.3 is 21.1 Å². The van der Waals surface area contributed by atoms with E-state index in [9.17, 15) is 14.7 Å². The minimum absolute atomic E-state index is 0.0128. The third-order valence-electron chi connectivity index (χ3n) is 7.79. The number of benzene rings is 1. The van der Waals surface area contributed by atoms with E-state index in [1.54, 1.807) is 41.4 Å². The highest BCUT2D eigenvalue weighted by Crippen LogP contribution is 2.38. The highest BCUT2D eigenvalue weighted by atomic mass is 35.5. The Bertz CT molecular complexity index is 1580. The molecule has 0 spiro atoms. The van der Waals surface area contributed by atoms with Crippen molar-refractivity contribution in [2.45, 2.75) is 45.2 Å². The Morgan fingerprint density at radius 1 is 1.26 bits per heavy atom. The molecule has 2 atom stereocenters. The van der Waals surface area contributed by atoms with E-state index in [0.29, 0.717) is 53.5 Å². The molecule has 226 valence electrons. The number of hydrazine groups is 1. The van der Waals surface area contributed by atoms with Crippen LogP contribution in [0.25, 0.3) is 16.8 Å². The number of aliphatic hydroxyl groups is 1. The summed E-state index contributed by atoms with van der Waals surface area (Å²) in [5.41, 5.74) is 10.5. The SMILES string of the molecule is CC1CCCC(N2CCC(c3cc(Cl)ccc3N(N)/C=C(\N)Cl)=CC2=O)c2cc(ccn2)-c2c(cnn2CCO)NC1=O. The van der Waals surface area contributed by atoms with Crippen LogP contribution in [0.5, 0.6) is 0 Å². The van der Waals surface area contributed by atoms with Gasteiger partial charge in [0.15, 0.2) is 0 Å². The normalized spacial score (nSPS) is 19.6. The van der Waals surface area contributed by atoms with Crippen molar-refractivity contribution in [3.05, 3.63) is 76.4 Å². The predicted octanol–water partition coefficient (Wildman–Crippen LogP) is 4.38. The quantitative estimate of drug-likeness (QED) is 0.179. The summed E-state index contributed by atoms with van der Waals surface area (Å²) in [6.07, 6.45) is 8.84. The minimum atomic E-state index is -0.318. The van der Waals surface area contributed by atoms with E-state index in [1.807, 2.05) is 24.0 Å². The summed E-state index contributed by atoms with van der Waals surface area (Å²) in [6.45, 7) is 2.48. The highest BCUT2D eigenvalue weighted by molar-refractivity contribution is 6.31. The van der Waals surface area contributed by atoms with Crippen LogP contribution in [-0.4, -0.2) is 49.7 Å². The molecule has 0 fully saturated rings.